The molecule has 0 saturated carbocycles. The minimum atomic E-state index is -3.11. The number of carbonyl (C=O) groups is 1. The number of piperazine rings is 1. The summed E-state index contributed by atoms with van der Waals surface area (Å²) in [5.41, 5.74) is 0. The Balaban J connectivity index is 1.84. The van der Waals surface area contributed by atoms with Gasteiger partial charge in [-0.15, -0.1) is 11.6 Å². The van der Waals surface area contributed by atoms with Gasteiger partial charge in [0.25, 0.3) is 0 Å². The normalized spacial score (nSPS) is 37.8. The molecule has 2 N–H and O–H groups in total. The van der Waals surface area contributed by atoms with E-state index in [0.29, 0.717) is 12.1 Å². The summed E-state index contributed by atoms with van der Waals surface area (Å²) in [5.74, 6) is -0.262. The SMILES string of the molecule is CC1CN(CC(=O)NC2CS(=O)(=O)CC2Cl)CC(C)N1. The lowest BCUT2D eigenvalue weighted by atomic mass is 10.1. The van der Waals surface area contributed by atoms with Crippen LogP contribution in [0.1, 0.15) is 13.8 Å². The van der Waals surface area contributed by atoms with Gasteiger partial charge in [0.15, 0.2) is 9.84 Å². The Morgan fingerprint density at radius 1 is 1.30 bits per heavy atom. The quantitative estimate of drug-likeness (QED) is 0.664. The first kappa shape index (κ1) is 16.0. The number of carbonyl (C=O) groups excluding carboxylic acids is 1. The van der Waals surface area contributed by atoms with Crippen LogP contribution in [0.5, 0.6) is 0 Å². The Labute approximate surface area is 125 Å². The molecule has 6 nitrogen and oxygen atoms in total. The molecule has 0 spiro atoms. The standard InChI is InChI=1S/C12H22ClN3O3S/c1-8-3-16(4-9(2)14-8)5-12(17)15-11-7-20(18,19)6-10(11)13/h8-11,14H,3-7H2,1-2H3,(H,15,17). The smallest absolute Gasteiger partial charge is 0.234 e. The van der Waals surface area contributed by atoms with E-state index in [1.807, 2.05) is 0 Å². The van der Waals surface area contributed by atoms with E-state index in [1.165, 1.54) is 0 Å². The summed E-state index contributed by atoms with van der Waals surface area (Å²) in [6, 6.07) is 0.227. The van der Waals surface area contributed by atoms with Crippen molar-refractivity contribution in [1.29, 1.82) is 0 Å². The van der Waals surface area contributed by atoms with Gasteiger partial charge in [-0.05, 0) is 13.8 Å². The lowest BCUT2D eigenvalue weighted by molar-refractivity contribution is -0.123. The number of rotatable bonds is 3. The summed E-state index contributed by atoms with van der Waals surface area (Å²) >= 11 is 5.98. The lowest BCUT2D eigenvalue weighted by Gasteiger charge is -2.35. The molecule has 116 valence electrons. The van der Waals surface area contributed by atoms with Gasteiger partial charge in [0.2, 0.25) is 5.91 Å². The van der Waals surface area contributed by atoms with Gasteiger partial charge in [-0.3, -0.25) is 9.69 Å². The fourth-order valence-corrected chi connectivity index (χ4v) is 5.51. The molecule has 4 unspecified atom stereocenters. The van der Waals surface area contributed by atoms with Crippen LogP contribution in [0.25, 0.3) is 0 Å². The fraction of sp³-hybridized carbons (Fsp3) is 0.917. The summed E-state index contributed by atoms with van der Waals surface area (Å²) in [6.45, 7) is 6.07. The molecule has 0 radical (unpaired) electrons. The maximum atomic E-state index is 12.0. The number of hydrogen-bond donors (Lipinski definition) is 2. The molecule has 2 aliphatic rings. The van der Waals surface area contributed by atoms with Crippen LogP contribution in [-0.4, -0.2) is 73.9 Å². The first-order valence-corrected chi connectivity index (χ1v) is 9.13. The molecule has 2 rings (SSSR count). The molecule has 4 atom stereocenters. The highest BCUT2D eigenvalue weighted by molar-refractivity contribution is 7.91. The number of nitrogens with zero attached hydrogens (tertiary/aromatic N) is 1. The number of nitrogens with one attached hydrogen (secondary N) is 2. The van der Waals surface area contributed by atoms with Crippen LogP contribution in [-0.2, 0) is 14.6 Å². The van der Waals surface area contributed by atoms with Gasteiger partial charge < -0.3 is 10.6 Å². The topological polar surface area (TPSA) is 78.5 Å². The number of hydrogen-bond acceptors (Lipinski definition) is 5. The average molecular weight is 324 g/mol. The van der Waals surface area contributed by atoms with Crippen molar-refractivity contribution in [1.82, 2.24) is 15.5 Å². The first-order valence-electron chi connectivity index (χ1n) is 6.87. The number of sulfone groups is 1. The Morgan fingerprint density at radius 3 is 2.40 bits per heavy atom. The zero-order valence-electron chi connectivity index (χ0n) is 11.8. The molecule has 2 aliphatic heterocycles. The highest BCUT2D eigenvalue weighted by Gasteiger charge is 2.37. The van der Waals surface area contributed by atoms with Crippen LogP contribution in [0.3, 0.4) is 0 Å². The molecule has 2 fully saturated rings. The molecule has 0 aromatic rings. The zero-order valence-corrected chi connectivity index (χ0v) is 13.4. The third-order valence-corrected chi connectivity index (χ3v) is 6.01. The molecule has 0 aromatic carbocycles. The van der Waals surface area contributed by atoms with Gasteiger partial charge in [0.1, 0.15) is 0 Å². The Kier molecular flexibility index (Phi) is 4.94. The van der Waals surface area contributed by atoms with E-state index in [9.17, 15) is 13.2 Å². The lowest BCUT2D eigenvalue weighted by Crippen LogP contribution is -2.56. The van der Waals surface area contributed by atoms with Crippen molar-refractivity contribution in [3.05, 3.63) is 0 Å². The van der Waals surface area contributed by atoms with Crippen molar-refractivity contribution in [3.8, 4) is 0 Å². The minimum absolute atomic E-state index is 0.0543. The monoisotopic (exact) mass is 323 g/mol. The zero-order chi connectivity index (χ0) is 14.9. The third-order valence-electron chi connectivity index (χ3n) is 3.63. The van der Waals surface area contributed by atoms with Crippen LogP contribution in [0.2, 0.25) is 0 Å². The number of halogens is 1. The molecule has 1 amide bonds. The Bertz CT molecular complexity index is 461. The van der Waals surface area contributed by atoms with Gasteiger partial charge >= 0.3 is 0 Å². The van der Waals surface area contributed by atoms with Gasteiger partial charge in [-0.2, -0.15) is 0 Å². The Hall–Kier alpha value is -0.370. The Morgan fingerprint density at radius 2 is 1.90 bits per heavy atom. The molecule has 2 saturated heterocycles. The molecule has 0 aromatic heterocycles. The van der Waals surface area contributed by atoms with Crippen molar-refractivity contribution in [2.75, 3.05) is 31.1 Å². The molecule has 8 heteroatoms. The second-order valence-corrected chi connectivity index (χ2v) is 8.64. The van der Waals surface area contributed by atoms with Crippen molar-refractivity contribution >= 4 is 27.3 Å². The molecular formula is C12H22ClN3O3S. The van der Waals surface area contributed by atoms with Crippen molar-refractivity contribution in [2.24, 2.45) is 0 Å². The number of alkyl halides is 1. The fourth-order valence-electron chi connectivity index (χ4n) is 2.96. The predicted octanol–water partition coefficient (Wildman–Crippen LogP) is -0.811. The van der Waals surface area contributed by atoms with Crippen LogP contribution in [0.4, 0.5) is 0 Å². The maximum Gasteiger partial charge on any atom is 0.234 e. The molecule has 0 aliphatic carbocycles. The minimum Gasteiger partial charge on any atom is -0.350 e. The second-order valence-electron chi connectivity index (χ2n) is 5.93. The van der Waals surface area contributed by atoms with Crippen molar-refractivity contribution < 1.29 is 13.2 Å². The van der Waals surface area contributed by atoms with Gasteiger partial charge in [-0.25, -0.2) is 8.42 Å². The summed E-state index contributed by atoms with van der Waals surface area (Å²) in [6.07, 6.45) is 0. The summed E-state index contributed by atoms with van der Waals surface area (Å²) in [4.78, 5) is 14.1. The van der Waals surface area contributed by atoms with Crippen LogP contribution >= 0.6 is 11.6 Å². The average Bonchev–Trinajstić information content (AvgIpc) is 2.49. The van der Waals surface area contributed by atoms with E-state index in [2.05, 4.69) is 29.4 Å². The number of amides is 1. The van der Waals surface area contributed by atoms with E-state index in [1.54, 1.807) is 0 Å². The molecule has 20 heavy (non-hydrogen) atoms. The van der Waals surface area contributed by atoms with Gasteiger partial charge in [0.05, 0.1) is 29.5 Å². The molecular weight excluding hydrogens is 302 g/mol. The highest BCUT2D eigenvalue weighted by atomic mass is 35.5. The van der Waals surface area contributed by atoms with Crippen LogP contribution in [0, 0.1) is 0 Å². The van der Waals surface area contributed by atoms with Gasteiger partial charge in [0, 0.05) is 25.2 Å². The first-order chi connectivity index (χ1) is 9.25. The van der Waals surface area contributed by atoms with E-state index < -0.39 is 21.3 Å². The molecule has 0 bridgehead atoms. The van der Waals surface area contributed by atoms with E-state index >= 15 is 0 Å². The van der Waals surface area contributed by atoms with E-state index in [4.69, 9.17) is 11.6 Å². The summed E-state index contributed by atoms with van der Waals surface area (Å²) in [7, 11) is -3.11. The van der Waals surface area contributed by atoms with Crippen molar-refractivity contribution in [2.45, 2.75) is 37.4 Å². The summed E-state index contributed by atoms with van der Waals surface area (Å²) < 4.78 is 22.9. The van der Waals surface area contributed by atoms with Crippen LogP contribution < -0.4 is 10.6 Å². The van der Waals surface area contributed by atoms with E-state index in [0.717, 1.165) is 13.1 Å². The van der Waals surface area contributed by atoms with E-state index in [-0.39, 0.29) is 24.0 Å². The van der Waals surface area contributed by atoms with Crippen molar-refractivity contribution in [3.63, 3.8) is 0 Å². The molecule has 2 heterocycles. The maximum absolute atomic E-state index is 12.0. The second kappa shape index (κ2) is 6.17. The largest absolute Gasteiger partial charge is 0.350 e. The predicted molar refractivity (Wildman–Crippen MR) is 78.7 cm³/mol. The highest BCUT2D eigenvalue weighted by Crippen LogP contribution is 2.18. The van der Waals surface area contributed by atoms with Crippen LogP contribution in [0.15, 0.2) is 0 Å². The summed E-state index contributed by atoms with van der Waals surface area (Å²) in [5, 5.41) is 5.63. The van der Waals surface area contributed by atoms with Gasteiger partial charge in [-0.1, -0.05) is 0 Å². The third kappa shape index (κ3) is 4.31.